The van der Waals surface area contributed by atoms with Gasteiger partial charge < -0.3 is 10.6 Å². The first-order chi connectivity index (χ1) is 19.6. The first kappa shape index (κ1) is 43.1. The molecular weight excluding hydrogens is 782 g/mol. The third-order valence-corrected chi connectivity index (χ3v) is 8.41. The van der Waals surface area contributed by atoms with Gasteiger partial charge in [-0.3, -0.25) is 9.98 Å². The zero-order chi connectivity index (χ0) is 31.7. The fraction of sp³-hybridized carbons (Fsp3) is 0.632. The van der Waals surface area contributed by atoms with Gasteiger partial charge in [0.05, 0.1) is 0 Å². The average Bonchev–Trinajstić information content (AvgIpc) is 2.90. The van der Waals surface area contributed by atoms with Crippen molar-refractivity contribution in [2.24, 2.45) is 9.98 Å². The fourth-order valence-electron chi connectivity index (χ4n) is 5.44. The third kappa shape index (κ3) is 12.4. The first-order valence-electron chi connectivity index (χ1n) is 16.4. The number of hydrogen-bond acceptors (Lipinski definition) is 2. The molecule has 0 aromatic heterocycles. The molecule has 0 aliphatic carbocycles. The van der Waals surface area contributed by atoms with Crippen molar-refractivity contribution in [3.8, 4) is 0 Å². The summed E-state index contributed by atoms with van der Waals surface area (Å²) in [5.41, 5.74) is 9.12. The number of benzene rings is 2. The van der Waals surface area contributed by atoms with Crippen LogP contribution in [0.5, 0.6) is 0 Å². The van der Waals surface area contributed by atoms with Gasteiger partial charge in [-0.15, -0.1) is 11.4 Å². The minimum absolute atomic E-state index is 0. The molecule has 0 atom stereocenters. The Morgan fingerprint density at radius 1 is 0.682 bits per heavy atom. The largest absolute Gasteiger partial charge is 0.674 e. The molecule has 2 rings (SSSR count). The molecular formula is C38H60HfN4Zr-2. The van der Waals surface area contributed by atoms with Crippen molar-refractivity contribution in [2.45, 2.75) is 145 Å². The summed E-state index contributed by atoms with van der Waals surface area (Å²) in [5.74, 6) is 1.32. The van der Waals surface area contributed by atoms with Crippen LogP contribution in [-0.4, -0.2) is 35.6 Å². The Bertz CT molecular complexity index is 1190. The Labute approximate surface area is 309 Å². The van der Waals surface area contributed by atoms with Gasteiger partial charge in [0, 0.05) is 70.8 Å². The van der Waals surface area contributed by atoms with E-state index in [1.807, 2.05) is 0 Å². The van der Waals surface area contributed by atoms with Gasteiger partial charge in [0.1, 0.15) is 0 Å². The van der Waals surface area contributed by atoms with Gasteiger partial charge in [0.25, 0.3) is 0 Å². The minimum Gasteiger partial charge on any atom is -0.674 e. The summed E-state index contributed by atoms with van der Waals surface area (Å²) in [4.78, 5) is 10.0. The molecule has 0 aliphatic heterocycles. The van der Waals surface area contributed by atoms with E-state index in [0.717, 1.165) is 55.9 Å². The second-order valence-electron chi connectivity index (χ2n) is 13.8. The van der Waals surface area contributed by atoms with E-state index in [-0.39, 0.29) is 63.1 Å². The summed E-state index contributed by atoms with van der Waals surface area (Å²) in [6.07, 6.45) is 4.18. The van der Waals surface area contributed by atoms with Crippen LogP contribution in [-0.2, 0) is 52.0 Å². The van der Waals surface area contributed by atoms with E-state index in [0.29, 0.717) is 17.8 Å². The van der Waals surface area contributed by atoms with Crippen LogP contribution in [0, 0.1) is 6.92 Å². The van der Waals surface area contributed by atoms with Crippen LogP contribution in [0.4, 0.5) is 11.4 Å². The molecule has 0 radical (unpaired) electrons. The number of para-hydroxylation sites is 2. The number of aryl methyl sites for hydroxylation is 1. The van der Waals surface area contributed by atoms with Crippen molar-refractivity contribution in [1.82, 2.24) is 0 Å². The number of aliphatic imine (C=N–C) groups is 2. The van der Waals surface area contributed by atoms with Gasteiger partial charge >= 0.3 is 0 Å². The Hall–Kier alpha value is -0.867. The number of rotatable bonds is 16. The molecule has 0 saturated carbocycles. The second-order valence-corrected chi connectivity index (χ2v) is 13.8. The summed E-state index contributed by atoms with van der Waals surface area (Å²) in [7, 11) is 0. The van der Waals surface area contributed by atoms with Crippen molar-refractivity contribution in [3.05, 3.63) is 69.3 Å². The predicted molar refractivity (Wildman–Crippen MR) is 189 cm³/mol. The summed E-state index contributed by atoms with van der Waals surface area (Å²) < 4.78 is 0. The van der Waals surface area contributed by atoms with Crippen molar-refractivity contribution in [2.75, 3.05) is 13.1 Å². The summed E-state index contributed by atoms with van der Waals surface area (Å²) in [6, 6.07) is 13.1. The fourth-order valence-corrected chi connectivity index (χ4v) is 5.44. The second kappa shape index (κ2) is 19.7. The molecule has 4 nitrogen and oxygen atoms in total. The van der Waals surface area contributed by atoms with Gasteiger partial charge in [-0.1, -0.05) is 146 Å². The van der Waals surface area contributed by atoms with Crippen molar-refractivity contribution >= 4 is 22.8 Å². The van der Waals surface area contributed by atoms with Crippen LogP contribution < -0.4 is 0 Å². The molecule has 2 aromatic carbocycles. The topological polar surface area (TPSA) is 52.9 Å². The van der Waals surface area contributed by atoms with Crippen molar-refractivity contribution < 1.29 is 52.0 Å². The zero-order valence-electron chi connectivity index (χ0n) is 30.2. The van der Waals surface area contributed by atoms with Gasteiger partial charge in [0.15, 0.2) is 0 Å². The molecule has 0 unspecified atom stereocenters. The molecule has 0 fully saturated rings. The van der Waals surface area contributed by atoms with E-state index in [2.05, 4.69) is 126 Å². The average molecular weight is 843 g/mol. The molecule has 0 amide bonds. The van der Waals surface area contributed by atoms with E-state index in [4.69, 9.17) is 20.6 Å². The smallest absolute Gasteiger partial charge is 0.0388 e. The molecule has 0 saturated heterocycles. The van der Waals surface area contributed by atoms with Crippen LogP contribution in [0.3, 0.4) is 0 Å². The van der Waals surface area contributed by atoms with Crippen molar-refractivity contribution in [1.29, 1.82) is 0 Å². The van der Waals surface area contributed by atoms with E-state index in [1.54, 1.807) is 0 Å². The minimum atomic E-state index is -0.337. The van der Waals surface area contributed by atoms with Crippen LogP contribution >= 0.6 is 0 Å². The van der Waals surface area contributed by atoms with Crippen LogP contribution in [0.2, 0.25) is 0 Å². The van der Waals surface area contributed by atoms with E-state index in [1.165, 1.54) is 28.0 Å². The third-order valence-electron chi connectivity index (χ3n) is 8.41. The molecule has 0 N–H and O–H groups in total. The maximum atomic E-state index is 5.31. The molecule has 2 aromatic rings. The molecule has 242 valence electrons. The molecule has 0 bridgehead atoms. The van der Waals surface area contributed by atoms with Gasteiger partial charge in [-0.05, 0) is 63.0 Å². The standard InChI is InChI=1S/C38H60N4.Hf.Zr/c1-14-34(38(12,13)41-35-29(8)20-18-21-31(35)26(2)3)40-25-17-15-16-24-39-30(9)37(10,11)42-36-32(27(4)5)22-19-23-33(36)28(6)7;;/h18-23,26-28H,14-17,24-25H2,1-13H3;;/q-2;;. The molecule has 0 heterocycles. The summed E-state index contributed by atoms with van der Waals surface area (Å²) >= 11 is 0. The van der Waals surface area contributed by atoms with Crippen molar-refractivity contribution in [3.63, 3.8) is 0 Å². The van der Waals surface area contributed by atoms with Crippen LogP contribution in [0.15, 0.2) is 46.4 Å². The monoisotopic (exact) mass is 842 g/mol. The molecule has 0 aliphatic rings. The van der Waals surface area contributed by atoms with Crippen LogP contribution in [0.25, 0.3) is 10.6 Å². The maximum Gasteiger partial charge on any atom is 0.0388 e. The molecule has 44 heavy (non-hydrogen) atoms. The van der Waals surface area contributed by atoms with Crippen LogP contribution in [0.1, 0.15) is 149 Å². The Kier molecular flexibility index (Phi) is 19.3. The van der Waals surface area contributed by atoms with Gasteiger partial charge in [-0.25, -0.2) is 0 Å². The maximum absolute atomic E-state index is 5.31. The summed E-state index contributed by atoms with van der Waals surface area (Å²) in [5, 5.41) is 10.6. The Morgan fingerprint density at radius 2 is 1.11 bits per heavy atom. The normalized spacial score (nSPS) is 12.8. The SMILES string of the molecule is CCC(=NCCCCCN=C(C)C(C)(C)[N-]c1c(C(C)C)cccc1C(C)C)C(C)(C)[N-]c1c(C)cccc1C(C)C.[Hf].[Zr]. The Balaban J connectivity index is 0.00000924. The molecule has 6 heteroatoms. The Morgan fingerprint density at radius 3 is 1.59 bits per heavy atom. The molecule has 0 spiro atoms. The first-order valence-corrected chi connectivity index (χ1v) is 16.4. The zero-order valence-corrected chi connectivity index (χ0v) is 36.3. The number of hydrogen-bond donors (Lipinski definition) is 0. The van der Waals surface area contributed by atoms with Gasteiger partial charge in [0.2, 0.25) is 0 Å². The number of nitrogens with zero attached hydrogens (tertiary/aromatic N) is 4. The quantitative estimate of drug-likeness (QED) is 0.0918. The van der Waals surface area contributed by atoms with Gasteiger partial charge in [-0.2, -0.15) is 0 Å². The predicted octanol–water partition coefficient (Wildman–Crippen LogP) is 12.1. The summed E-state index contributed by atoms with van der Waals surface area (Å²) in [6.45, 7) is 30.5. The van der Waals surface area contributed by atoms with E-state index >= 15 is 0 Å². The van der Waals surface area contributed by atoms with E-state index in [9.17, 15) is 0 Å². The van der Waals surface area contributed by atoms with E-state index < -0.39 is 0 Å². The number of unbranched alkanes of at least 4 members (excludes halogenated alkanes) is 2.